The average molecular weight is 920 g/mol. The van der Waals surface area contributed by atoms with Gasteiger partial charge in [0.2, 0.25) is 0 Å². The predicted molar refractivity (Wildman–Crippen MR) is 248 cm³/mol. The van der Waals surface area contributed by atoms with Crippen LogP contribution in [0.15, 0.2) is 0 Å². The van der Waals surface area contributed by atoms with Crippen molar-refractivity contribution in [1.82, 2.24) is 0 Å². The highest BCUT2D eigenvalue weighted by Crippen LogP contribution is 2.35. The Bertz CT molecular complexity index is 1170. The van der Waals surface area contributed by atoms with Crippen LogP contribution in [0.4, 0.5) is 0 Å². The van der Waals surface area contributed by atoms with E-state index in [0.717, 1.165) is 0 Å². The summed E-state index contributed by atoms with van der Waals surface area (Å²) >= 11 is 0. The molecule has 55 heavy (non-hydrogen) atoms. The molecule has 1 rings (SSSR count). The Balaban J connectivity index is 3.96. The van der Waals surface area contributed by atoms with Crippen molar-refractivity contribution in [3.05, 3.63) is 0 Å². The van der Waals surface area contributed by atoms with E-state index >= 15 is 0 Å². The van der Waals surface area contributed by atoms with Crippen molar-refractivity contribution in [3.63, 3.8) is 0 Å². The molecule has 1 heterocycles. The molecule has 0 aromatic carbocycles. The smallest absolute Gasteiger partial charge is 0.187 e. The third-order valence-electron chi connectivity index (χ3n) is 7.27. The van der Waals surface area contributed by atoms with Gasteiger partial charge >= 0.3 is 0 Å². The lowest BCUT2D eigenvalue weighted by Gasteiger charge is -2.51. The third kappa shape index (κ3) is 24.1. The van der Waals surface area contributed by atoms with Gasteiger partial charge in [0.05, 0.1) is 25.9 Å². The molecule has 19 heteroatoms. The van der Waals surface area contributed by atoms with Gasteiger partial charge < -0.3 is 44.9 Å². The van der Waals surface area contributed by atoms with Crippen LogP contribution in [-0.4, -0.2) is 141 Å². The molecule has 1 fully saturated rings. The standard InChI is InChI=1S/C36H86O11Si8/c1-48(2,3)39-25-28(37)31(43-51(10,11)12)33(45-53(16,17)18)30(42-50(7,8)9)26-38-36-35(47-55(22,23)24)34(46-54(19,20)21)32(44-52(13,14)15)29(41-36)27-40-49(4,5)6/h29-36H,25-27H2,1-24H3/t29-,30-,31-,32-,33-,34+,35-,36+/m1/s1. The van der Waals surface area contributed by atoms with Crippen molar-refractivity contribution in [3.8, 4) is 0 Å². The lowest BCUT2D eigenvalue weighted by molar-refractivity contribution is -0.295. The van der Waals surface area contributed by atoms with Crippen molar-refractivity contribution in [2.24, 2.45) is 0 Å². The minimum atomic E-state index is -2.29. The first kappa shape index (κ1) is 54.0. The maximum atomic E-state index is 14.3. The molecule has 0 radical (unpaired) electrons. The van der Waals surface area contributed by atoms with E-state index in [9.17, 15) is 4.79 Å². The summed E-state index contributed by atoms with van der Waals surface area (Å²) in [4.78, 5) is 14.3. The number of ketones is 1. The molecular weight excluding hydrogens is 833 g/mol. The Hall–Kier alpha value is 1.01. The topological polar surface area (TPSA) is 109 Å². The Morgan fingerprint density at radius 2 is 0.909 bits per heavy atom. The number of rotatable bonds is 24. The summed E-state index contributed by atoms with van der Waals surface area (Å²) in [6.45, 7) is 52.0. The molecule has 1 aliphatic heterocycles. The van der Waals surface area contributed by atoms with E-state index in [1.165, 1.54) is 0 Å². The molecule has 0 bridgehead atoms. The molecule has 0 aromatic rings. The predicted octanol–water partition coefficient (Wildman–Crippen LogP) is 9.32. The fourth-order valence-corrected chi connectivity index (χ4v) is 13.5. The number of hydrogen-bond donors (Lipinski definition) is 0. The molecule has 11 nitrogen and oxygen atoms in total. The second-order valence-electron chi connectivity index (χ2n) is 22.9. The molecule has 328 valence electrons. The van der Waals surface area contributed by atoms with Gasteiger partial charge in [0, 0.05) is 0 Å². The molecule has 0 amide bonds. The van der Waals surface area contributed by atoms with Crippen LogP contribution < -0.4 is 0 Å². The molecule has 0 saturated carbocycles. The maximum absolute atomic E-state index is 14.3. The van der Waals surface area contributed by atoms with E-state index in [0.29, 0.717) is 6.61 Å². The minimum absolute atomic E-state index is 0.0399. The van der Waals surface area contributed by atoms with E-state index in [1.807, 2.05) is 0 Å². The van der Waals surface area contributed by atoms with Crippen LogP contribution in [0.2, 0.25) is 157 Å². The van der Waals surface area contributed by atoms with Crippen LogP contribution in [0, 0.1) is 0 Å². The zero-order valence-corrected chi connectivity index (χ0v) is 47.7. The van der Waals surface area contributed by atoms with Gasteiger partial charge in [-0.3, -0.25) is 4.79 Å². The van der Waals surface area contributed by atoms with E-state index in [4.69, 9.17) is 44.9 Å². The van der Waals surface area contributed by atoms with Gasteiger partial charge in [-0.25, -0.2) is 0 Å². The van der Waals surface area contributed by atoms with Crippen molar-refractivity contribution in [1.29, 1.82) is 0 Å². The van der Waals surface area contributed by atoms with Gasteiger partial charge in [0.25, 0.3) is 0 Å². The number of carbonyl (C=O) groups is 1. The highest BCUT2D eigenvalue weighted by molar-refractivity contribution is 6.72. The lowest BCUT2D eigenvalue weighted by Crippen LogP contribution is -2.67. The monoisotopic (exact) mass is 918 g/mol. The van der Waals surface area contributed by atoms with E-state index in [2.05, 4.69) is 157 Å². The summed E-state index contributed by atoms with van der Waals surface area (Å²) in [6.07, 6.45) is -4.99. The molecular formula is C36H86O11Si8. The fraction of sp³-hybridized carbons (Fsp3) is 0.972. The molecule has 1 saturated heterocycles. The first-order valence-electron chi connectivity index (χ1n) is 20.3. The molecule has 0 aromatic heterocycles. The third-order valence-corrected chi connectivity index (χ3v) is 15.2. The molecule has 0 aliphatic carbocycles. The normalized spacial score (nSPS) is 24.5. The van der Waals surface area contributed by atoms with Gasteiger partial charge in [-0.2, -0.15) is 0 Å². The highest BCUT2D eigenvalue weighted by Gasteiger charge is 2.53. The zero-order valence-electron chi connectivity index (χ0n) is 39.7. The van der Waals surface area contributed by atoms with Crippen LogP contribution >= 0.6 is 0 Å². The quantitative estimate of drug-likeness (QED) is 0.0865. The maximum Gasteiger partial charge on any atom is 0.187 e. The number of hydrogen-bond acceptors (Lipinski definition) is 11. The summed E-state index contributed by atoms with van der Waals surface area (Å²) in [5, 5.41) is 0. The van der Waals surface area contributed by atoms with Gasteiger partial charge in [0.15, 0.2) is 78.6 Å². The molecule has 0 unspecified atom stereocenters. The van der Waals surface area contributed by atoms with Crippen molar-refractivity contribution < 1.29 is 49.7 Å². The average Bonchev–Trinajstić information content (AvgIpc) is 2.88. The van der Waals surface area contributed by atoms with Crippen LogP contribution in [0.1, 0.15) is 0 Å². The van der Waals surface area contributed by atoms with E-state index in [-0.39, 0.29) is 19.0 Å². The number of carbonyl (C=O) groups excluding carboxylic acids is 1. The first-order valence-corrected chi connectivity index (χ1v) is 47.5. The second kappa shape index (κ2) is 20.3. The van der Waals surface area contributed by atoms with Crippen LogP contribution in [0.5, 0.6) is 0 Å². The Labute approximate surface area is 346 Å². The largest absolute Gasteiger partial charge is 0.415 e. The van der Waals surface area contributed by atoms with Crippen LogP contribution in [-0.2, 0) is 49.7 Å². The molecule has 8 atom stereocenters. The van der Waals surface area contributed by atoms with E-state index < -0.39 is 116 Å². The SMILES string of the molecule is C[Si](C)(C)OCC(=O)[C@@H](O[Si](C)(C)C)[C@H](O[Si](C)(C)C)[C@@H](CO[C@H]1O[C@H](CO[Si](C)(C)C)[C@@H](O[Si](C)(C)C)[C@H](O[Si](C)(C)C)[C@H]1O[Si](C)(C)C)O[Si](C)(C)C. The van der Waals surface area contributed by atoms with Crippen molar-refractivity contribution >= 4 is 72.3 Å². The Kier molecular flexibility index (Phi) is 19.9. The summed E-state index contributed by atoms with van der Waals surface area (Å²) in [5.74, 6) is -0.135. The molecule has 0 N–H and O–H groups in total. The zero-order chi connectivity index (χ0) is 43.4. The van der Waals surface area contributed by atoms with Gasteiger partial charge in [-0.1, -0.05) is 0 Å². The fourth-order valence-electron chi connectivity index (χ4n) is 5.75. The van der Waals surface area contributed by atoms with Gasteiger partial charge in [-0.05, 0) is 157 Å². The summed E-state index contributed by atoms with van der Waals surface area (Å²) < 4.78 is 68.5. The Morgan fingerprint density at radius 3 is 1.31 bits per heavy atom. The van der Waals surface area contributed by atoms with Crippen LogP contribution in [0.3, 0.4) is 0 Å². The van der Waals surface area contributed by atoms with Crippen molar-refractivity contribution in [2.75, 3.05) is 19.8 Å². The first-order chi connectivity index (χ1) is 24.1. The Morgan fingerprint density at radius 1 is 0.491 bits per heavy atom. The molecule has 1 aliphatic rings. The van der Waals surface area contributed by atoms with Crippen LogP contribution in [0.25, 0.3) is 0 Å². The summed E-state index contributed by atoms with van der Waals surface area (Å²) in [6, 6.07) is 0. The lowest BCUT2D eigenvalue weighted by atomic mass is 9.99. The number of ether oxygens (including phenoxy) is 2. The van der Waals surface area contributed by atoms with Gasteiger partial charge in [0.1, 0.15) is 36.6 Å². The van der Waals surface area contributed by atoms with E-state index in [1.54, 1.807) is 0 Å². The van der Waals surface area contributed by atoms with Crippen molar-refractivity contribution in [2.45, 2.75) is 206 Å². The summed E-state index contributed by atoms with van der Waals surface area (Å²) in [7, 11) is -17.2. The summed E-state index contributed by atoms with van der Waals surface area (Å²) in [5.41, 5.74) is 0. The van der Waals surface area contributed by atoms with Gasteiger partial charge in [-0.15, -0.1) is 0 Å². The number of Topliss-reactive ketones (excluding diaryl/α,β-unsaturated/α-hetero) is 1. The minimum Gasteiger partial charge on any atom is -0.415 e. The second-order valence-corrected chi connectivity index (χ2v) is 58.7. The highest BCUT2D eigenvalue weighted by atomic mass is 28.4. The molecule has 0 spiro atoms.